The average molecular weight is 266 g/mol. The molecule has 5 atom stereocenters. The zero-order valence-electron chi connectivity index (χ0n) is 12.4. The third kappa shape index (κ3) is 1.68. The van der Waals surface area contributed by atoms with Crippen molar-refractivity contribution < 1.29 is 14.9 Å². The van der Waals surface area contributed by atoms with Gasteiger partial charge in [-0.2, -0.15) is 0 Å². The Morgan fingerprint density at radius 3 is 2.47 bits per heavy atom. The molecule has 3 heteroatoms. The molecular weight excluding hydrogens is 240 g/mol. The lowest BCUT2D eigenvalue weighted by atomic mass is 9.73. The van der Waals surface area contributed by atoms with Gasteiger partial charge in [-0.05, 0) is 53.1 Å². The molecule has 0 aromatic rings. The van der Waals surface area contributed by atoms with Crippen molar-refractivity contribution in [2.75, 3.05) is 13.7 Å². The highest BCUT2D eigenvalue weighted by atomic mass is 16.5. The van der Waals surface area contributed by atoms with Crippen LogP contribution in [0.3, 0.4) is 0 Å². The fourth-order valence-electron chi connectivity index (χ4n) is 5.36. The number of fused-ring (bicyclic) bond motifs is 3. The van der Waals surface area contributed by atoms with Crippen molar-refractivity contribution in [1.82, 2.24) is 0 Å². The van der Waals surface area contributed by atoms with E-state index in [2.05, 4.69) is 20.8 Å². The first-order valence-corrected chi connectivity index (χ1v) is 7.39. The molecule has 3 aliphatic carbocycles. The van der Waals surface area contributed by atoms with E-state index in [0.717, 1.165) is 12.0 Å². The van der Waals surface area contributed by atoms with Crippen molar-refractivity contribution in [3.63, 3.8) is 0 Å². The minimum atomic E-state index is -0.479. The van der Waals surface area contributed by atoms with E-state index in [9.17, 15) is 10.2 Å². The van der Waals surface area contributed by atoms with Gasteiger partial charge in [-0.3, -0.25) is 0 Å². The number of hydrogen-bond donors (Lipinski definition) is 2. The minimum Gasteiger partial charge on any atom is -0.392 e. The molecule has 0 aliphatic heterocycles. The summed E-state index contributed by atoms with van der Waals surface area (Å²) in [5.41, 5.74) is 2.45. The molecule has 3 nitrogen and oxygen atoms in total. The summed E-state index contributed by atoms with van der Waals surface area (Å²) in [5.74, 6) is 1.13. The summed E-state index contributed by atoms with van der Waals surface area (Å²) in [6.45, 7) is 6.91. The van der Waals surface area contributed by atoms with Gasteiger partial charge < -0.3 is 14.9 Å². The SMILES string of the molecule is CO[C@H]1C2=C(CO)[C@H](O)C[C@]2(C)[C@H]2CC(C)(C)C[C@@H]12. The second-order valence-electron chi connectivity index (χ2n) is 7.73. The summed E-state index contributed by atoms with van der Waals surface area (Å²) >= 11 is 0. The first kappa shape index (κ1) is 13.6. The molecule has 0 saturated heterocycles. The van der Waals surface area contributed by atoms with Crippen LogP contribution in [0.2, 0.25) is 0 Å². The topological polar surface area (TPSA) is 49.7 Å². The van der Waals surface area contributed by atoms with Crippen molar-refractivity contribution in [3.8, 4) is 0 Å². The molecule has 3 aliphatic rings. The zero-order valence-corrected chi connectivity index (χ0v) is 12.4. The van der Waals surface area contributed by atoms with Crippen LogP contribution in [0.15, 0.2) is 11.1 Å². The zero-order chi connectivity index (χ0) is 14.0. The van der Waals surface area contributed by atoms with E-state index in [4.69, 9.17) is 4.74 Å². The largest absolute Gasteiger partial charge is 0.392 e. The van der Waals surface area contributed by atoms with Crippen LogP contribution in [0.1, 0.15) is 40.0 Å². The molecule has 0 heterocycles. The number of hydrogen-bond acceptors (Lipinski definition) is 3. The van der Waals surface area contributed by atoms with E-state index in [-0.39, 0.29) is 18.1 Å². The molecule has 0 amide bonds. The van der Waals surface area contributed by atoms with Gasteiger partial charge in [0.1, 0.15) is 0 Å². The van der Waals surface area contributed by atoms with Crippen molar-refractivity contribution in [2.24, 2.45) is 22.7 Å². The second kappa shape index (κ2) is 4.06. The van der Waals surface area contributed by atoms with E-state index in [1.165, 1.54) is 18.4 Å². The van der Waals surface area contributed by atoms with Gasteiger partial charge in [-0.25, -0.2) is 0 Å². The standard InChI is InChI=1S/C16H26O3/c1-15(2)5-9-11(6-15)16(3)7-12(18)10(8-17)13(16)14(9)19-4/h9,11-12,14,17-18H,5-8H2,1-4H3/t9-,11+,12-,14-,16-/m1/s1. The lowest BCUT2D eigenvalue weighted by Crippen LogP contribution is -2.25. The lowest BCUT2D eigenvalue weighted by molar-refractivity contribution is 0.0788. The Balaban J connectivity index is 2.07. The molecule has 2 fully saturated rings. The van der Waals surface area contributed by atoms with Crippen molar-refractivity contribution in [2.45, 2.75) is 52.2 Å². The van der Waals surface area contributed by atoms with Crippen molar-refractivity contribution in [3.05, 3.63) is 11.1 Å². The van der Waals surface area contributed by atoms with Crippen LogP contribution in [-0.4, -0.2) is 36.1 Å². The fraction of sp³-hybridized carbons (Fsp3) is 0.875. The smallest absolute Gasteiger partial charge is 0.0822 e. The fourth-order valence-corrected chi connectivity index (χ4v) is 5.36. The maximum Gasteiger partial charge on any atom is 0.0822 e. The maximum absolute atomic E-state index is 10.2. The molecule has 3 rings (SSSR count). The van der Waals surface area contributed by atoms with Crippen molar-refractivity contribution in [1.29, 1.82) is 0 Å². The predicted molar refractivity (Wildman–Crippen MR) is 73.6 cm³/mol. The summed E-state index contributed by atoms with van der Waals surface area (Å²) in [6, 6.07) is 0. The summed E-state index contributed by atoms with van der Waals surface area (Å²) in [4.78, 5) is 0. The van der Waals surface area contributed by atoms with Crippen molar-refractivity contribution >= 4 is 0 Å². The van der Waals surface area contributed by atoms with E-state index in [0.29, 0.717) is 17.3 Å². The van der Waals surface area contributed by atoms with Gasteiger partial charge in [0.25, 0.3) is 0 Å². The van der Waals surface area contributed by atoms with Crippen LogP contribution in [0.5, 0.6) is 0 Å². The first-order valence-electron chi connectivity index (χ1n) is 7.39. The second-order valence-corrected chi connectivity index (χ2v) is 7.73. The Kier molecular flexibility index (Phi) is 2.91. The van der Waals surface area contributed by atoms with Gasteiger partial charge in [-0.1, -0.05) is 20.8 Å². The number of rotatable bonds is 2. The molecule has 19 heavy (non-hydrogen) atoms. The van der Waals surface area contributed by atoms with Crippen LogP contribution >= 0.6 is 0 Å². The average Bonchev–Trinajstić information content (AvgIpc) is 2.83. The van der Waals surface area contributed by atoms with E-state index < -0.39 is 6.10 Å². The van der Waals surface area contributed by atoms with Gasteiger partial charge in [0.05, 0.1) is 18.8 Å². The monoisotopic (exact) mass is 266 g/mol. The van der Waals surface area contributed by atoms with E-state index in [1.807, 2.05) is 0 Å². The Labute approximate surface area is 115 Å². The molecule has 2 saturated carbocycles. The van der Waals surface area contributed by atoms with Crippen LogP contribution in [0.4, 0.5) is 0 Å². The molecule has 0 aromatic carbocycles. The molecule has 0 unspecified atom stereocenters. The van der Waals surface area contributed by atoms with E-state index in [1.54, 1.807) is 7.11 Å². The summed E-state index contributed by atoms with van der Waals surface area (Å²) in [6.07, 6.45) is 2.76. The van der Waals surface area contributed by atoms with E-state index >= 15 is 0 Å². The third-order valence-corrected chi connectivity index (χ3v) is 5.97. The maximum atomic E-state index is 10.2. The van der Waals surface area contributed by atoms with Gasteiger partial charge in [-0.15, -0.1) is 0 Å². The summed E-state index contributed by atoms with van der Waals surface area (Å²) in [5, 5.41) is 19.9. The number of methoxy groups -OCH3 is 1. The van der Waals surface area contributed by atoms with Gasteiger partial charge in [0, 0.05) is 7.11 Å². The summed E-state index contributed by atoms with van der Waals surface area (Å²) < 4.78 is 5.80. The molecule has 108 valence electrons. The van der Waals surface area contributed by atoms with Crippen LogP contribution in [0, 0.1) is 22.7 Å². The number of ether oxygens (including phenoxy) is 1. The highest BCUT2D eigenvalue weighted by Crippen LogP contribution is 2.67. The Morgan fingerprint density at radius 2 is 1.89 bits per heavy atom. The number of aliphatic hydroxyl groups excluding tert-OH is 2. The minimum absolute atomic E-state index is 0.0244. The Morgan fingerprint density at radius 1 is 1.21 bits per heavy atom. The normalized spacial score (nSPS) is 47.7. The highest BCUT2D eigenvalue weighted by Gasteiger charge is 2.63. The predicted octanol–water partition coefficient (Wildman–Crippen LogP) is 2.13. The molecule has 0 bridgehead atoms. The van der Waals surface area contributed by atoms with Gasteiger partial charge >= 0.3 is 0 Å². The van der Waals surface area contributed by atoms with Gasteiger partial charge in [0.2, 0.25) is 0 Å². The highest BCUT2D eigenvalue weighted by molar-refractivity contribution is 5.41. The van der Waals surface area contributed by atoms with Crippen LogP contribution in [0.25, 0.3) is 0 Å². The third-order valence-electron chi connectivity index (χ3n) is 5.97. The summed E-state index contributed by atoms with van der Waals surface area (Å²) in [7, 11) is 1.77. The molecule has 0 radical (unpaired) electrons. The molecule has 0 spiro atoms. The first-order chi connectivity index (χ1) is 8.84. The molecule has 2 N–H and O–H groups in total. The van der Waals surface area contributed by atoms with Crippen LogP contribution in [-0.2, 0) is 4.74 Å². The Bertz CT molecular complexity index is 426. The Hall–Kier alpha value is -0.380. The molecular formula is C16H26O3. The van der Waals surface area contributed by atoms with Crippen LogP contribution < -0.4 is 0 Å². The lowest BCUT2D eigenvalue weighted by Gasteiger charge is -2.31. The number of aliphatic hydroxyl groups is 2. The quantitative estimate of drug-likeness (QED) is 0.753. The molecule has 0 aromatic heterocycles. The van der Waals surface area contributed by atoms with Gasteiger partial charge in [0.15, 0.2) is 0 Å².